The Morgan fingerprint density at radius 1 is 0.489 bits per heavy atom. The van der Waals surface area contributed by atoms with Crippen LogP contribution in [-0.4, -0.2) is 4.98 Å². The number of hydrogen-bond acceptors (Lipinski definition) is 4. The van der Waals surface area contributed by atoms with Crippen molar-refractivity contribution < 1.29 is 8.83 Å². The third-order valence-corrected chi connectivity index (χ3v) is 9.22. The number of benzene rings is 7. The first-order chi connectivity index (χ1) is 23.3. The molecular formula is C43H26N2O2. The maximum absolute atomic E-state index is 6.59. The Morgan fingerprint density at radius 3 is 2.02 bits per heavy atom. The molecule has 220 valence electrons. The first-order valence-corrected chi connectivity index (χ1v) is 15.8. The molecule has 0 N–H and O–H groups in total. The van der Waals surface area contributed by atoms with E-state index in [1.54, 1.807) is 0 Å². The van der Waals surface area contributed by atoms with Gasteiger partial charge >= 0.3 is 0 Å². The van der Waals surface area contributed by atoms with Crippen LogP contribution in [-0.2, 0) is 0 Å². The lowest BCUT2D eigenvalue weighted by Gasteiger charge is -2.26. The number of oxazole rings is 1. The number of para-hydroxylation sites is 2. The molecule has 4 heteroatoms. The number of hydrogen-bond donors (Lipinski definition) is 0. The van der Waals surface area contributed by atoms with E-state index in [4.69, 9.17) is 13.8 Å². The van der Waals surface area contributed by atoms with Gasteiger partial charge in [0, 0.05) is 44.2 Å². The summed E-state index contributed by atoms with van der Waals surface area (Å²) in [6.45, 7) is 0. The second-order valence-electron chi connectivity index (χ2n) is 12.0. The van der Waals surface area contributed by atoms with Gasteiger partial charge in [-0.1, -0.05) is 109 Å². The van der Waals surface area contributed by atoms with E-state index in [1.807, 2.05) is 48.5 Å². The summed E-state index contributed by atoms with van der Waals surface area (Å²) >= 11 is 0. The lowest BCUT2D eigenvalue weighted by molar-refractivity contribution is 0.590. The van der Waals surface area contributed by atoms with Crippen molar-refractivity contribution in [1.82, 2.24) is 4.98 Å². The summed E-state index contributed by atoms with van der Waals surface area (Å²) in [5.41, 5.74) is 11.1. The number of fused-ring (bicyclic) bond motifs is 6. The van der Waals surface area contributed by atoms with Crippen molar-refractivity contribution in [2.45, 2.75) is 0 Å². The van der Waals surface area contributed by atoms with Crippen molar-refractivity contribution >= 4 is 49.8 Å². The third-order valence-electron chi connectivity index (χ3n) is 9.22. The summed E-state index contributed by atoms with van der Waals surface area (Å²) in [7, 11) is 0. The van der Waals surface area contributed by atoms with Gasteiger partial charge in [0.1, 0.15) is 11.3 Å². The minimum Gasteiger partial charge on any atom is -0.454 e. The number of furan rings is 1. The van der Waals surface area contributed by atoms with Gasteiger partial charge in [0.2, 0.25) is 5.89 Å². The summed E-state index contributed by atoms with van der Waals surface area (Å²) in [6.07, 6.45) is 0. The Hall–Kier alpha value is -6.39. The van der Waals surface area contributed by atoms with Gasteiger partial charge in [-0.2, -0.15) is 0 Å². The van der Waals surface area contributed by atoms with E-state index in [2.05, 4.69) is 114 Å². The molecule has 0 saturated heterocycles. The molecule has 0 aliphatic heterocycles. The van der Waals surface area contributed by atoms with E-state index in [1.165, 1.54) is 16.5 Å². The molecule has 4 nitrogen and oxygen atoms in total. The fourth-order valence-corrected chi connectivity index (χ4v) is 7.08. The highest BCUT2D eigenvalue weighted by Gasteiger charge is 2.30. The zero-order chi connectivity index (χ0) is 30.9. The highest BCUT2D eigenvalue weighted by Crippen LogP contribution is 2.51. The van der Waals surface area contributed by atoms with Crippen molar-refractivity contribution in [2.24, 2.45) is 0 Å². The second-order valence-corrected chi connectivity index (χ2v) is 12.0. The zero-order valence-electron chi connectivity index (χ0n) is 25.2. The Bertz CT molecular complexity index is 2620. The fourth-order valence-electron chi connectivity index (χ4n) is 7.08. The molecule has 7 aromatic carbocycles. The van der Waals surface area contributed by atoms with Crippen LogP contribution in [0.2, 0.25) is 0 Å². The molecule has 0 radical (unpaired) electrons. The molecule has 0 atom stereocenters. The summed E-state index contributed by atoms with van der Waals surface area (Å²) < 4.78 is 13.1. The summed E-state index contributed by atoms with van der Waals surface area (Å²) in [4.78, 5) is 7.37. The molecule has 10 rings (SSSR count). The average molecular weight is 603 g/mol. The van der Waals surface area contributed by atoms with Gasteiger partial charge in [0.05, 0.1) is 5.69 Å². The SMILES string of the molecule is c1ccc(-c2ccc(N(c3cc4c5c(cccc5c3)-c3oc(-c5ccccc5)nc3-4)c3cccc4c3oc3ccccc34)cc2)cc1. The highest BCUT2D eigenvalue weighted by molar-refractivity contribution is 6.16. The van der Waals surface area contributed by atoms with E-state index in [9.17, 15) is 0 Å². The van der Waals surface area contributed by atoms with Crippen LogP contribution in [0.15, 0.2) is 167 Å². The van der Waals surface area contributed by atoms with Crippen LogP contribution in [0.1, 0.15) is 0 Å². The fraction of sp³-hybridized carbons (Fsp3) is 0. The molecule has 0 unspecified atom stereocenters. The quantitative estimate of drug-likeness (QED) is 0.197. The van der Waals surface area contributed by atoms with Crippen LogP contribution < -0.4 is 4.90 Å². The molecular weight excluding hydrogens is 576 g/mol. The first-order valence-electron chi connectivity index (χ1n) is 15.8. The van der Waals surface area contributed by atoms with E-state index < -0.39 is 0 Å². The number of nitrogens with zero attached hydrogens (tertiary/aromatic N) is 2. The minimum absolute atomic E-state index is 0.629. The summed E-state index contributed by atoms with van der Waals surface area (Å²) in [5, 5.41) is 4.49. The topological polar surface area (TPSA) is 42.4 Å². The molecule has 2 aromatic heterocycles. The van der Waals surface area contributed by atoms with Gasteiger partial charge < -0.3 is 13.7 Å². The lowest BCUT2D eigenvalue weighted by Crippen LogP contribution is -2.10. The molecule has 47 heavy (non-hydrogen) atoms. The number of rotatable bonds is 5. The van der Waals surface area contributed by atoms with E-state index in [-0.39, 0.29) is 0 Å². The van der Waals surface area contributed by atoms with Gasteiger partial charge in [-0.05, 0) is 65.0 Å². The normalized spacial score (nSPS) is 11.8. The molecule has 0 amide bonds. The predicted octanol–water partition coefficient (Wildman–Crippen LogP) is 12.2. The molecule has 0 bridgehead atoms. The molecule has 1 aliphatic rings. The van der Waals surface area contributed by atoms with Gasteiger partial charge in [-0.15, -0.1) is 0 Å². The molecule has 0 spiro atoms. The van der Waals surface area contributed by atoms with Crippen molar-refractivity contribution in [2.75, 3.05) is 4.90 Å². The molecule has 9 aromatic rings. The first kappa shape index (κ1) is 25.9. The maximum Gasteiger partial charge on any atom is 0.227 e. The minimum atomic E-state index is 0.629. The van der Waals surface area contributed by atoms with Crippen LogP contribution in [0.25, 0.3) is 77.9 Å². The standard InChI is InChI=1S/C43H26N2O2/c1-3-11-27(12-4-1)28-21-23-31(24-22-28)45(37-19-10-17-34-33-16-7-8-20-38(33)46-41(34)37)32-25-30-15-9-18-35-39(30)36(26-32)40-42(35)47-43(44-40)29-13-5-2-6-14-29/h1-26H. The van der Waals surface area contributed by atoms with Crippen molar-refractivity contribution in [3.63, 3.8) is 0 Å². The Labute approximate surface area is 270 Å². The Morgan fingerprint density at radius 2 is 1.19 bits per heavy atom. The Kier molecular flexibility index (Phi) is 5.54. The average Bonchev–Trinajstić information content (AvgIpc) is 3.83. The van der Waals surface area contributed by atoms with Crippen LogP contribution >= 0.6 is 0 Å². The van der Waals surface area contributed by atoms with E-state index in [0.29, 0.717) is 5.89 Å². The van der Waals surface area contributed by atoms with Crippen molar-refractivity contribution in [3.8, 4) is 45.2 Å². The molecule has 0 fully saturated rings. The smallest absolute Gasteiger partial charge is 0.227 e. The van der Waals surface area contributed by atoms with Gasteiger partial charge in [0.25, 0.3) is 0 Å². The maximum atomic E-state index is 6.59. The van der Waals surface area contributed by atoms with E-state index >= 15 is 0 Å². The van der Waals surface area contributed by atoms with Crippen LogP contribution in [0, 0.1) is 0 Å². The highest BCUT2D eigenvalue weighted by atomic mass is 16.4. The number of anilines is 3. The zero-order valence-corrected chi connectivity index (χ0v) is 25.2. The lowest BCUT2D eigenvalue weighted by atomic mass is 10.0. The summed E-state index contributed by atoms with van der Waals surface area (Å²) in [5.74, 6) is 1.45. The molecule has 1 aliphatic carbocycles. The molecule has 2 heterocycles. The van der Waals surface area contributed by atoms with Gasteiger partial charge in [0.15, 0.2) is 11.3 Å². The number of aromatic nitrogens is 1. The van der Waals surface area contributed by atoms with Gasteiger partial charge in [-0.3, -0.25) is 0 Å². The van der Waals surface area contributed by atoms with Crippen LogP contribution in [0.5, 0.6) is 0 Å². The van der Waals surface area contributed by atoms with Crippen molar-refractivity contribution in [3.05, 3.63) is 158 Å². The third kappa shape index (κ3) is 3.98. The second kappa shape index (κ2) is 10.1. The van der Waals surface area contributed by atoms with Gasteiger partial charge in [-0.25, -0.2) is 4.98 Å². The monoisotopic (exact) mass is 602 g/mol. The Balaban J connectivity index is 1.21. The predicted molar refractivity (Wildman–Crippen MR) is 191 cm³/mol. The summed E-state index contributed by atoms with van der Waals surface area (Å²) in [6, 6.07) is 54.9. The molecule has 0 saturated carbocycles. The largest absolute Gasteiger partial charge is 0.454 e. The van der Waals surface area contributed by atoms with Crippen LogP contribution in [0.3, 0.4) is 0 Å². The van der Waals surface area contributed by atoms with Crippen LogP contribution in [0.4, 0.5) is 17.1 Å². The van der Waals surface area contributed by atoms with Crippen molar-refractivity contribution in [1.29, 1.82) is 0 Å². The van der Waals surface area contributed by atoms with E-state index in [0.717, 1.165) is 72.5 Å².